The maximum Gasteiger partial charge on any atom is 0.121 e. The van der Waals surface area contributed by atoms with E-state index in [9.17, 15) is 0 Å². The minimum absolute atomic E-state index is 0.515. The van der Waals surface area contributed by atoms with E-state index in [2.05, 4.69) is 36.3 Å². The predicted octanol–water partition coefficient (Wildman–Crippen LogP) is 2.34. The van der Waals surface area contributed by atoms with Gasteiger partial charge < -0.3 is 15.0 Å². The summed E-state index contributed by atoms with van der Waals surface area (Å²) in [5.74, 6) is 0.906. The van der Waals surface area contributed by atoms with Crippen molar-refractivity contribution in [1.82, 2.24) is 0 Å². The minimum atomic E-state index is 0.515. The second kappa shape index (κ2) is 4.01. The zero-order valence-corrected chi connectivity index (χ0v) is 9.58. The lowest BCUT2D eigenvalue weighted by Gasteiger charge is -2.19. The van der Waals surface area contributed by atoms with E-state index in [1.807, 2.05) is 6.07 Å². The molecule has 0 saturated carbocycles. The second-order valence-corrected chi connectivity index (χ2v) is 4.14. The Morgan fingerprint density at radius 2 is 2.27 bits per heavy atom. The maximum atomic E-state index is 5.23. The van der Waals surface area contributed by atoms with Crippen molar-refractivity contribution in [2.75, 3.05) is 30.9 Å². The highest BCUT2D eigenvalue weighted by Crippen LogP contribution is 2.32. The molecule has 0 fully saturated rings. The van der Waals surface area contributed by atoms with Gasteiger partial charge in [-0.3, -0.25) is 0 Å². The molecule has 1 N–H and O–H groups in total. The molecule has 0 amide bonds. The van der Waals surface area contributed by atoms with Crippen molar-refractivity contribution in [2.45, 2.75) is 19.4 Å². The van der Waals surface area contributed by atoms with E-state index < -0.39 is 0 Å². The Balaban J connectivity index is 2.38. The minimum Gasteiger partial charge on any atom is -0.497 e. The predicted molar refractivity (Wildman–Crippen MR) is 64.0 cm³/mol. The van der Waals surface area contributed by atoms with Crippen molar-refractivity contribution in [3.63, 3.8) is 0 Å². The third-order valence-corrected chi connectivity index (χ3v) is 2.91. The lowest BCUT2D eigenvalue weighted by molar-refractivity contribution is 0.415. The fraction of sp³-hybridized carbons (Fsp3) is 0.500. The van der Waals surface area contributed by atoms with Crippen LogP contribution in [-0.2, 0) is 0 Å². The number of methoxy groups -OCH3 is 1. The largest absolute Gasteiger partial charge is 0.497 e. The lowest BCUT2D eigenvalue weighted by Crippen LogP contribution is -2.19. The summed E-state index contributed by atoms with van der Waals surface area (Å²) >= 11 is 0. The molecule has 1 aromatic rings. The summed E-state index contributed by atoms with van der Waals surface area (Å²) in [6.45, 7) is 3.30. The van der Waals surface area contributed by atoms with E-state index >= 15 is 0 Å². The average molecular weight is 206 g/mol. The van der Waals surface area contributed by atoms with Crippen LogP contribution in [0.1, 0.15) is 13.3 Å². The fourth-order valence-corrected chi connectivity index (χ4v) is 1.94. The van der Waals surface area contributed by atoms with Crippen molar-refractivity contribution >= 4 is 11.4 Å². The van der Waals surface area contributed by atoms with Crippen molar-refractivity contribution in [1.29, 1.82) is 0 Å². The highest BCUT2D eigenvalue weighted by atomic mass is 16.5. The van der Waals surface area contributed by atoms with Crippen LogP contribution >= 0.6 is 0 Å². The van der Waals surface area contributed by atoms with Crippen LogP contribution in [0.25, 0.3) is 0 Å². The smallest absolute Gasteiger partial charge is 0.121 e. The van der Waals surface area contributed by atoms with Crippen LogP contribution in [0.4, 0.5) is 11.4 Å². The Labute approximate surface area is 91.0 Å². The molecule has 1 unspecified atom stereocenters. The Morgan fingerprint density at radius 1 is 1.47 bits per heavy atom. The van der Waals surface area contributed by atoms with Crippen molar-refractivity contribution in [2.24, 2.45) is 0 Å². The van der Waals surface area contributed by atoms with Gasteiger partial charge in [0, 0.05) is 25.7 Å². The number of nitrogens with one attached hydrogen (secondary N) is 1. The molecular weight excluding hydrogens is 188 g/mol. The summed E-state index contributed by atoms with van der Waals surface area (Å²) in [4.78, 5) is 2.28. The van der Waals surface area contributed by atoms with Gasteiger partial charge in [0.2, 0.25) is 0 Å². The van der Waals surface area contributed by atoms with Crippen LogP contribution in [0.2, 0.25) is 0 Å². The monoisotopic (exact) mass is 206 g/mol. The van der Waals surface area contributed by atoms with Gasteiger partial charge in [0.25, 0.3) is 0 Å². The number of ether oxygens (including phenoxy) is 1. The van der Waals surface area contributed by atoms with Crippen molar-refractivity contribution in [3.8, 4) is 5.75 Å². The van der Waals surface area contributed by atoms with Crippen LogP contribution in [0.3, 0.4) is 0 Å². The standard InChI is InChI=1S/C12H18N2O/c1-9-6-7-14(2)12-5-4-10(15-3)8-11(12)13-9/h4-5,8-9,13H,6-7H2,1-3H3. The molecule has 0 bridgehead atoms. The van der Waals surface area contributed by atoms with Crippen LogP contribution in [0.5, 0.6) is 5.75 Å². The quantitative estimate of drug-likeness (QED) is 0.763. The van der Waals surface area contributed by atoms with E-state index in [1.165, 1.54) is 11.4 Å². The molecule has 1 atom stereocenters. The first-order valence-electron chi connectivity index (χ1n) is 5.36. The summed E-state index contributed by atoms with van der Waals surface area (Å²) < 4.78 is 5.23. The van der Waals surface area contributed by atoms with Gasteiger partial charge in [-0.1, -0.05) is 0 Å². The molecule has 3 heteroatoms. The van der Waals surface area contributed by atoms with Gasteiger partial charge in [-0.2, -0.15) is 0 Å². The SMILES string of the molecule is COc1ccc2c(c1)NC(C)CCN2C. The second-order valence-electron chi connectivity index (χ2n) is 4.14. The highest BCUT2D eigenvalue weighted by Gasteiger charge is 2.15. The first-order chi connectivity index (χ1) is 7.20. The molecule has 3 nitrogen and oxygen atoms in total. The number of hydrogen-bond donors (Lipinski definition) is 1. The third kappa shape index (κ3) is 2.01. The Bertz CT molecular complexity index is 351. The molecule has 0 spiro atoms. The molecule has 0 aromatic heterocycles. The Morgan fingerprint density at radius 3 is 3.00 bits per heavy atom. The van der Waals surface area contributed by atoms with Crippen LogP contribution < -0.4 is 15.0 Å². The van der Waals surface area contributed by atoms with Gasteiger partial charge in [-0.15, -0.1) is 0 Å². The summed E-state index contributed by atoms with van der Waals surface area (Å²) in [6.07, 6.45) is 1.16. The van der Waals surface area contributed by atoms with Crippen LogP contribution in [0.15, 0.2) is 18.2 Å². The van der Waals surface area contributed by atoms with E-state index in [1.54, 1.807) is 7.11 Å². The number of nitrogens with zero attached hydrogens (tertiary/aromatic N) is 1. The number of hydrogen-bond acceptors (Lipinski definition) is 3. The zero-order chi connectivity index (χ0) is 10.8. The fourth-order valence-electron chi connectivity index (χ4n) is 1.94. The third-order valence-electron chi connectivity index (χ3n) is 2.91. The Hall–Kier alpha value is -1.38. The molecule has 15 heavy (non-hydrogen) atoms. The first kappa shape index (κ1) is 10.1. The average Bonchev–Trinajstić information content (AvgIpc) is 2.38. The number of benzene rings is 1. The molecule has 2 rings (SSSR count). The zero-order valence-electron chi connectivity index (χ0n) is 9.58. The molecule has 82 valence electrons. The molecule has 0 aliphatic carbocycles. The normalized spacial score (nSPS) is 20.2. The lowest BCUT2D eigenvalue weighted by atomic mass is 10.2. The van der Waals surface area contributed by atoms with E-state index in [0.717, 1.165) is 18.7 Å². The van der Waals surface area contributed by atoms with E-state index in [0.29, 0.717) is 6.04 Å². The maximum absolute atomic E-state index is 5.23. The molecular formula is C12H18N2O. The molecule has 1 aliphatic rings. The van der Waals surface area contributed by atoms with E-state index in [4.69, 9.17) is 4.74 Å². The van der Waals surface area contributed by atoms with Gasteiger partial charge in [-0.25, -0.2) is 0 Å². The van der Waals surface area contributed by atoms with E-state index in [-0.39, 0.29) is 0 Å². The first-order valence-corrected chi connectivity index (χ1v) is 5.36. The van der Waals surface area contributed by atoms with Gasteiger partial charge >= 0.3 is 0 Å². The summed E-state index contributed by atoms with van der Waals surface area (Å²) in [5.41, 5.74) is 2.42. The van der Waals surface area contributed by atoms with Crippen molar-refractivity contribution < 1.29 is 4.74 Å². The molecule has 0 radical (unpaired) electrons. The molecule has 1 aliphatic heterocycles. The molecule has 0 saturated heterocycles. The van der Waals surface area contributed by atoms with Crippen molar-refractivity contribution in [3.05, 3.63) is 18.2 Å². The van der Waals surface area contributed by atoms with Gasteiger partial charge in [0.15, 0.2) is 0 Å². The van der Waals surface area contributed by atoms with Gasteiger partial charge in [0.1, 0.15) is 5.75 Å². The molecule has 1 heterocycles. The van der Waals surface area contributed by atoms with Crippen LogP contribution in [0, 0.1) is 0 Å². The van der Waals surface area contributed by atoms with Gasteiger partial charge in [-0.05, 0) is 25.5 Å². The number of anilines is 2. The van der Waals surface area contributed by atoms with Crippen LogP contribution in [-0.4, -0.2) is 26.7 Å². The number of fused-ring (bicyclic) bond motifs is 1. The highest BCUT2D eigenvalue weighted by molar-refractivity contribution is 5.72. The number of rotatable bonds is 1. The summed E-state index contributed by atoms with van der Waals surface area (Å²) in [6, 6.07) is 6.70. The Kier molecular flexibility index (Phi) is 2.71. The van der Waals surface area contributed by atoms with Gasteiger partial charge in [0.05, 0.1) is 18.5 Å². The topological polar surface area (TPSA) is 24.5 Å². The summed E-state index contributed by atoms with van der Waals surface area (Å²) in [7, 11) is 3.83. The summed E-state index contributed by atoms with van der Waals surface area (Å²) in [5, 5.41) is 3.51. The molecule has 1 aromatic carbocycles.